The van der Waals surface area contributed by atoms with Gasteiger partial charge in [0, 0.05) is 11.7 Å². The number of pyridine rings is 1. The third kappa shape index (κ3) is 4.18. The molecular formula is C16H29N3O. The standard InChI is InChI=1S/C16H29N3O/c1-7-9-18-15(16(3,4)19(5)6)13-10-14(20-8-2)12-17-11-13/h10-12,15,18H,7-9H2,1-6H3. The van der Waals surface area contributed by atoms with Crippen molar-refractivity contribution in [3.63, 3.8) is 0 Å². The van der Waals surface area contributed by atoms with Crippen LogP contribution in [0.1, 0.15) is 45.7 Å². The third-order valence-corrected chi connectivity index (χ3v) is 3.84. The number of likely N-dealkylation sites (N-methyl/N-ethyl adjacent to an activating group) is 1. The van der Waals surface area contributed by atoms with Gasteiger partial charge in [0.1, 0.15) is 5.75 Å². The lowest BCUT2D eigenvalue weighted by Crippen LogP contribution is -2.49. The van der Waals surface area contributed by atoms with E-state index in [0.29, 0.717) is 6.61 Å². The van der Waals surface area contributed by atoms with Crippen LogP contribution in [0.4, 0.5) is 0 Å². The van der Waals surface area contributed by atoms with Crippen molar-refractivity contribution in [3.8, 4) is 5.75 Å². The van der Waals surface area contributed by atoms with E-state index in [1.165, 1.54) is 5.56 Å². The van der Waals surface area contributed by atoms with E-state index in [2.05, 4.69) is 56.1 Å². The highest BCUT2D eigenvalue weighted by Gasteiger charge is 2.32. The van der Waals surface area contributed by atoms with Crippen LogP contribution in [0.15, 0.2) is 18.5 Å². The van der Waals surface area contributed by atoms with Gasteiger partial charge in [-0.15, -0.1) is 0 Å². The SMILES string of the molecule is CCCNC(c1cncc(OCC)c1)C(C)(C)N(C)C. The first-order valence-corrected chi connectivity index (χ1v) is 7.42. The first-order chi connectivity index (χ1) is 9.43. The Morgan fingerprint density at radius 1 is 1.30 bits per heavy atom. The third-order valence-electron chi connectivity index (χ3n) is 3.84. The van der Waals surface area contributed by atoms with E-state index in [-0.39, 0.29) is 11.6 Å². The van der Waals surface area contributed by atoms with E-state index in [4.69, 9.17) is 4.74 Å². The maximum atomic E-state index is 5.57. The summed E-state index contributed by atoms with van der Waals surface area (Å²) in [6.45, 7) is 10.3. The molecule has 1 aromatic heterocycles. The molecule has 0 aliphatic carbocycles. The molecule has 114 valence electrons. The minimum absolute atomic E-state index is 0.0122. The van der Waals surface area contributed by atoms with Crippen LogP contribution in [0.5, 0.6) is 5.75 Å². The maximum Gasteiger partial charge on any atom is 0.137 e. The Morgan fingerprint density at radius 3 is 2.55 bits per heavy atom. The van der Waals surface area contributed by atoms with Crippen molar-refractivity contribution in [1.29, 1.82) is 0 Å². The topological polar surface area (TPSA) is 37.4 Å². The van der Waals surface area contributed by atoms with Crippen molar-refractivity contribution >= 4 is 0 Å². The van der Waals surface area contributed by atoms with Gasteiger partial charge in [-0.25, -0.2) is 0 Å². The van der Waals surface area contributed by atoms with Gasteiger partial charge in [-0.3, -0.25) is 4.98 Å². The summed E-state index contributed by atoms with van der Waals surface area (Å²) in [7, 11) is 4.22. The summed E-state index contributed by atoms with van der Waals surface area (Å²) in [4.78, 5) is 6.57. The fraction of sp³-hybridized carbons (Fsp3) is 0.688. The second kappa shape index (κ2) is 7.60. The Kier molecular flexibility index (Phi) is 6.43. The van der Waals surface area contributed by atoms with E-state index in [1.807, 2.05) is 13.1 Å². The van der Waals surface area contributed by atoms with Crippen LogP contribution in [-0.2, 0) is 0 Å². The molecule has 0 aliphatic heterocycles. The molecule has 1 heterocycles. The average Bonchev–Trinajstić information content (AvgIpc) is 2.39. The molecule has 0 amide bonds. The zero-order valence-corrected chi connectivity index (χ0v) is 13.7. The zero-order valence-electron chi connectivity index (χ0n) is 13.7. The molecule has 4 nitrogen and oxygen atoms in total. The second-order valence-corrected chi connectivity index (χ2v) is 5.82. The Labute approximate surface area is 123 Å². The van der Waals surface area contributed by atoms with Crippen molar-refractivity contribution in [2.24, 2.45) is 0 Å². The molecule has 4 heteroatoms. The smallest absolute Gasteiger partial charge is 0.137 e. The quantitative estimate of drug-likeness (QED) is 0.794. The minimum Gasteiger partial charge on any atom is -0.492 e. The van der Waals surface area contributed by atoms with Gasteiger partial charge in [0.05, 0.1) is 18.8 Å². The van der Waals surface area contributed by atoms with Gasteiger partial charge in [0.15, 0.2) is 0 Å². The van der Waals surface area contributed by atoms with Gasteiger partial charge in [-0.05, 0) is 59.5 Å². The number of nitrogens with one attached hydrogen (secondary N) is 1. The molecule has 0 saturated heterocycles. The Balaban J connectivity index is 3.06. The lowest BCUT2D eigenvalue weighted by Gasteiger charge is -2.41. The normalized spacial score (nSPS) is 13.6. The fourth-order valence-electron chi connectivity index (χ4n) is 2.16. The summed E-state index contributed by atoms with van der Waals surface area (Å²) in [5.41, 5.74) is 1.16. The monoisotopic (exact) mass is 279 g/mol. The molecule has 0 spiro atoms. The molecule has 1 unspecified atom stereocenters. The number of rotatable bonds is 8. The van der Waals surface area contributed by atoms with Gasteiger partial charge in [0.25, 0.3) is 0 Å². The van der Waals surface area contributed by atoms with Crippen LogP contribution in [-0.4, -0.2) is 42.7 Å². The minimum atomic E-state index is -0.0122. The molecule has 0 bridgehead atoms. The van der Waals surface area contributed by atoms with Crippen molar-refractivity contribution < 1.29 is 4.74 Å². The molecule has 0 radical (unpaired) electrons. The predicted octanol–water partition coefficient (Wildman–Crippen LogP) is 2.86. The van der Waals surface area contributed by atoms with E-state index < -0.39 is 0 Å². The maximum absolute atomic E-state index is 5.57. The number of ether oxygens (including phenoxy) is 1. The second-order valence-electron chi connectivity index (χ2n) is 5.82. The summed E-state index contributed by atoms with van der Waals surface area (Å²) >= 11 is 0. The Bertz CT molecular complexity index is 404. The first-order valence-electron chi connectivity index (χ1n) is 7.42. The molecule has 1 atom stereocenters. The molecule has 0 saturated carbocycles. The molecule has 20 heavy (non-hydrogen) atoms. The highest BCUT2D eigenvalue weighted by molar-refractivity contribution is 5.28. The van der Waals surface area contributed by atoms with Crippen LogP contribution in [0, 0.1) is 0 Å². The van der Waals surface area contributed by atoms with Crippen LogP contribution in [0.3, 0.4) is 0 Å². The number of aromatic nitrogens is 1. The summed E-state index contributed by atoms with van der Waals surface area (Å²) in [5, 5.41) is 3.64. The average molecular weight is 279 g/mol. The fourth-order valence-corrected chi connectivity index (χ4v) is 2.16. The summed E-state index contributed by atoms with van der Waals surface area (Å²) in [6, 6.07) is 2.31. The molecule has 1 N–H and O–H groups in total. The number of hydrogen-bond acceptors (Lipinski definition) is 4. The molecular weight excluding hydrogens is 250 g/mol. The molecule has 0 aliphatic rings. The molecule has 0 fully saturated rings. The molecule has 0 aromatic carbocycles. The Morgan fingerprint density at radius 2 is 2.00 bits per heavy atom. The van der Waals surface area contributed by atoms with E-state index in [9.17, 15) is 0 Å². The predicted molar refractivity (Wildman–Crippen MR) is 84.2 cm³/mol. The number of nitrogens with zero attached hydrogens (tertiary/aromatic N) is 2. The summed E-state index contributed by atoms with van der Waals surface area (Å²) < 4.78 is 5.57. The van der Waals surface area contributed by atoms with Gasteiger partial charge in [-0.2, -0.15) is 0 Å². The Hall–Kier alpha value is -1.13. The lowest BCUT2D eigenvalue weighted by atomic mass is 9.88. The van der Waals surface area contributed by atoms with Gasteiger partial charge >= 0.3 is 0 Å². The highest BCUT2D eigenvalue weighted by atomic mass is 16.5. The van der Waals surface area contributed by atoms with Gasteiger partial charge < -0.3 is 15.0 Å². The zero-order chi connectivity index (χ0) is 15.2. The van der Waals surface area contributed by atoms with Crippen molar-refractivity contribution in [2.75, 3.05) is 27.2 Å². The highest BCUT2D eigenvalue weighted by Crippen LogP contribution is 2.30. The molecule has 1 rings (SSSR count). The van der Waals surface area contributed by atoms with E-state index >= 15 is 0 Å². The van der Waals surface area contributed by atoms with Crippen molar-refractivity contribution in [2.45, 2.75) is 45.7 Å². The first kappa shape index (κ1) is 16.9. The largest absolute Gasteiger partial charge is 0.492 e. The lowest BCUT2D eigenvalue weighted by molar-refractivity contribution is 0.137. The van der Waals surface area contributed by atoms with Gasteiger partial charge in [0.2, 0.25) is 0 Å². The van der Waals surface area contributed by atoms with Crippen LogP contribution >= 0.6 is 0 Å². The molecule has 1 aromatic rings. The van der Waals surface area contributed by atoms with Crippen molar-refractivity contribution in [3.05, 3.63) is 24.0 Å². The van der Waals surface area contributed by atoms with Crippen LogP contribution in [0.25, 0.3) is 0 Å². The van der Waals surface area contributed by atoms with Crippen LogP contribution in [0.2, 0.25) is 0 Å². The summed E-state index contributed by atoms with van der Waals surface area (Å²) in [6.07, 6.45) is 4.81. The summed E-state index contributed by atoms with van der Waals surface area (Å²) in [5.74, 6) is 0.836. The van der Waals surface area contributed by atoms with Crippen LogP contribution < -0.4 is 10.1 Å². The van der Waals surface area contributed by atoms with Gasteiger partial charge in [-0.1, -0.05) is 6.92 Å². The van der Waals surface area contributed by atoms with E-state index in [1.54, 1.807) is 6.20 Å². The van der Waals surface area contributed by atoms with Crippen molar-refractivity contribution in [1.82, 2.24) is 15.2 Å². The number of hydrogen-bond donors (Lipinski definition) is 1. The van der Waals surface area contributed by atoms with E-state index in [0.717, 1.165) is 18.7 Å².